The summed E-state index contributed by atoms with van der Waals surface area (Å²) in [5.41, 5.74) is 6.77. The molecule has 0 aromatic heterocycles. The van der Waals surface area contributed by atoms with E-state index in [0.29, 0.717) is 22.3 Å². The van der Waals surface area contributed by atoms with Crippen LogP contribution in [0.25, 0.3) is 24.3 Å². The molecule has 0 atom stereocenters. The summed E-state index contributed by atoms with van der Waals surface area (Å²) in [5, 5.41) is 3.93. The van der Waals surface area contributed by atoms with Gasteiger partial charge in [-0.25, -0.2) is 0 Å². The van der Waals surface area contributed by atoms with Crippen molar-refractivity contribution < 1.29 is 9.59 Å². The van der Waals surface area contributed by atoms with Crippen molar-refractivity contribution in [3.63, 3.8) is 0 Å². The molecule has 0 saturated heterocycles. The van der Waals surface area contributed by atoms with Crippen LogP contribution in [0.1, 0.15) is 44.7 Å². The van der Waals surface area contributed by atoms with E-state index < -0.39 is 0 Å². The molecule has 0 saturated carbocycles. The predicted octanol–water partition coefficient (Wildman–Crippen LogP) is 3.24. The van der Waals surface area contributed by atoms with Gasteiger partial charge >= 0.3 is 0 Å². The second-order valence-corrected chi connectivity index (χ2v) is 9.38. The number of fused-ring (bicyclic) bond motifs is 8. The van der Waals surface area contributed by atoms with Crippen molar-refractivity contribution in [2.24, 2.45) is 0 Å². The summed E-state index contributed by atoms with van der Waals surface area (Å²) < 4.78 is 0. The van der Waals surface area contributed by atoms with E-state index in [-0.39, 0.29) is 11.6 Å². The minimum absolute atomic E-state index is 0.0768. The first-order chi connectivity index (χ1) is 16.6. The molecule has 4 bridgehead atoms. The summed E-state index contributed by atoms with van der Waals surface area (Å²) in [6.07, 6.45) is 26.8. The van der Waals surface area contributed by atoms with Crippen molar-refractivity contribution in [2.75, 3.05) is 0 Å². The first kappa shape index (κ1) is 19.2. The summed E-state index contributed by atoms with van der Waals surface area (Å²) in [7, 11) is 0. The van der Waals surface area contributed by atoms with Crippen LogP contribution in [0.2, 0.25) is 0 Å². The van der Waals surface area contributed by atoms with Gasteiger partial charge in [-0.05, 0) is 80.3 Å². The zero-order chi connectivity index (χ0) is 22.8. The van der Waals surface area contributed by atoms with Crippen molar-refractivity contribution in [3.8, 4) is 0 Å². The van der Waals surface area contributed by atoms with Crippen LogP contribution in [0.4, 0.5) is 0 Å². The summed E-state index contributed by atoms with van der Waals surface area (Å²) in [6, 6.07) is 7.62. The summed E-state index contributed by atoms with van der Waals surface area (Å²) in [5.74, 6) is -0.154. The largest absolute Gasteiger partial charge is 0.289 e. The molecule has 0 radical (unpaired) electrons. The van der Waals surface area contributed by atoms with Gasteiger partial charge in [0.05, 0.1) is 0 Å². The van der Waals surface area contributed by atoms with E-state index in [1.54, 1.807) is 0 Å². The van der Waals surface area contributed by atoms with Gasteiger partial charge in [-0.2, -0.15) is 0 Å². The lowest BCUT2D eigenvalue weighted by atomic mass is 9.82. The Morgan fingerprint density at radius 3 is 0.941 bits per heavy atom. The molecule has 7 rings (SSSR count). The smallest absolute Gasteiger partial charge is 0.194 e. The van der Waals surface area contributed by atoms with Crippen LogP contribution in [-0.4, -0.2) is 11.6 Å². The maximum atomic E-state index is 13.7. The van der Waals surface area contributed by atoms with Gasteiger partial charge in [-0.3, -0.25) is 9.59 Å². The maximum Gasteiger partial charge on any atom is 0.194 e. The van der Waals surface area contributed by atoms with Gasteiger partial charge in [0.1, 0.15) is 0 Å². The van der Waals surface area contributed by atoms with Crippen LogP contribution in [0, 0.1) is 0 Å². The Bertz CT molecular complexity index is 1550. The Kier molecular flexibility index (Phi) is 4.01. The number of allylic oxidation sites excluding steroid dienone is 12. The topological polar surface area (TPSA) is 34.1 Å². The van der Waals surface area contributed by atoms with E-state index in [4.69, 9.17) is 0 Å². The molecular weight excluding hydrogens is 416 g/mol. The fourth-order valence-corrected chi connectivity index (χ4v) is 5.43. The SMILES string of the molecule is O=C1c2cc3c(cc2C(=O)c2cc4c(cc21)=CC1=CC=CC=C(C=4)C1)=CC1=CC=CC=C(C=3)C1. The molecule has 0 unspecified atom stereocenters. The van der Waals surface area contributed by atoms with E-state index in [2.05, 4.69) is 48.6 Å². The molecule has 2 nitrogen and oxygen atoms in total. The molecule has 160 valence electrons. The summed E-state index contributed by atoms with van der Waals surface area (Å²) in [4.78, 5) is 27.4. The van der Waals surface area contributed by atoms with Crippen molar-refractivity contribution in [1.29, 1.82) is 0 Å². The van der Waals surface area contributed by atoms with Gasteiger partial charge in [0.2, 0.25) is 0 Å². The van der Waals surface area contributed by atoms with Crippen LogP contribution in [0.15, 0.2) is 95.2 Å². The Labute approximate surface area is 196 Å². The molecule has 2 aromatic carbocycles. The predicted molar refractivity (Wildman–Crippen MR) is 136 cm³/mol. The molecule has 0 spiro atoms. The Morgan fingerprint density at radius 1 is 0.412 bits per heavy atom. The Balaban J connectivity index is 1.48. The molecule has 34 heavy (non-hydrogen) atoms. The highest BCUT2D eigenvalue weighted by atomic mass is 16.1. The molecule has 0 aliphatic heterocycles. The zero-order valence-electron chi connectivity index (χ0n) is 18.5. The number of hydrogen-bond donors (Lipinski definition) is 0. The van der Waals surface area contributed by atoms with Crippen LogP contribution >= 0.6 is 0 Å². The van der Waals surface area contributed by atoms with Crippen molar-refractivity contribution >= 4 is 35.9 Å². The van der Waals surface area contributed by atoms with Gasteiger partial charge in [0.15, 0.2) is 11.6 Å². The number of hydrogen-bond acceptors (Lipinski definition) is 2. The molecular formula is C32H20O2. The molecule has 0 heterocycles. The normalized spacial score (nSPS) is 18.7. The van der Waals surface area contributed by atoms with Crippen LogP contribution in [0.3, 0.4) is 0 Å². The quantitative estimate of drug-likeness (QED) is 0.542. The lowest BCUT2D eigenvalue weighted by molar-refractivity contribution is 0.0979. The highest BCUT2D eigenvalue weighted by Crippen LogP contribution is 2.26. The third-order valence-electron chi connectivity index (χ3n) is 7.07. The maximum absolute atomic E-state index is 13.7. The standard InChI is InChI=1S/C32H20O2/c33-31-27-15-23-11-19-5-1-2-6-20(9-19)12-24(23)16-28(27)32(34)30-18-26-14-22-8-4-3-7-21(10-22)13-25(26)17-29(30)31/h1-8,11-18H,9-10H2. The van der Waals surface area contributed by atoms with Crippen LogP contribution in [-0.2, 0) is 0 Å². The number of ketones is 2. The minimum Gasteiger partial charge on any atom is -0.289 e. The number of carbonyl (C=O) groups is 2. The van der Waals surface area contributed by atoms with Crippen molar-refractivity contribution in [2.45, 2.75) is 12.8 Å². The molecule has 0 N–H and O–H groups in total. The first-order valence-electron chi connectivity index (χ1n) is 11.6. The second-order valence-electron chi connectivity index (χ2n) is 9.38. The lowest BCUT2D eigenvalue weighted by Gasteiger charge is -2.18. The van der Waals surface area contributed by atoms with Crippen molar-refractivity contribution in [3.05, 3.63) is 138 Å². The monoisotopic (exact) mass is 436 g/mol. The Morgan fingerprint density at radius 2 is 0.676 bits per heavy atom. The minimum atomic E-state index is -0.0768. The molecule has 5 aliphatic carbocycles. The number of benzene rings is 2. The second kappa shape index (κ2) is 7.10. The van der Waals surface area contributed by atoms with E-state index in [1.165, 1.54) is 22.3 Å². The van der Waals surface area contributed by atoms with Crippen molar-refractivity contribution in [1.82, 2.24) is 0 Å². The van der Waals surface area contributed by atoms with Gasteiger partial charge in [-0.15, -0.1) is 0 Å². The molecule has 2 heteroatoms. The fourth-order valence-electron chi connectivity index (χ4n) is 5.43. The van der Waals surface area contributed by atoms with E-state index in [9.17, 15) is 9.59 Å². The highest BCUT2D eigenvalue weighted by molar-refractivity contribution is 6.28. The Hall–Kier alpha value is -4.30. The van der Waals surface area contributed by atoms with Crippen LogP contribution < -0.4 is 20.9 Å². The van der Waals surface area contributed by atoms with Gasteiger partial charge in [0.25, 0.3) is 0 Å². The molecule has 0 fully saturated rings. The number of rotatable bonds is 0. The fraction of sp³-hybridized carbons (Fsp3) is 0.0625. The third kappa shape index (κ3) is 2.96. The van der Waals surface area contributed by atoms with E-state index in [0.717, 1.165) is 33.7 Å². The zero-order valence-corrected chi connectivity index (χ0v) is 18.5. The summed E-state index contributed by atoms with van der Waals surface area (Å²) >= 11 is 0. The highest BCUT2D eigenvalue weighted by Gasteiger charge is 2.30. The third-order valence-corrected chi connectivity index (χ3v) is 7.07. The van der Waals surface area contributed by atoms with Crippen LogP contribution in [0.5, 0.6) is 0 Å². The molecule has 2 aromatic rings. The average molecular weight is 437 g/mol. The van der Waals surface area contributed by atoms with Gasteiger partial charge in [0, 0.05) is 22.3 Å². The lowest BCUT2D eigenvalue weighted by Crippen LogP contribution is -2.35. The molecule has 5 aliphatic rings. The van der Waals surface area contributed by atoms with E-state index in [1.807, 2.05) is 48.6 Å². The molecule has 0 amide bonds. The first-order valence-corrected chi connectivity index (χ1v) is 11.6. The van der Waals surface area contributed by atoms with Gasteiger partial charge < -0.3 is 0 Å². The van der Waals surface area contributed by atoms with Gasteiger partial charge in [-0.1, -0.05) is 72.9 Å². The number of carbonyl (C=O) groups excluding carboxylic acids is 2. The average Bonchev–Trinajstić information content (AvgIpc) is 3.32. The summed E-state index contributed by atoms with van der Waals surface area (Å²) in [6.45, 7) is 0. The van der Waals surface area contributed by atoms with E-state index >= 15 is 0 Å².